The number of hydrogen-bond acceptors (Lipinski definition) is 3. The van der Waals surface area contributed by atoms with E-state index in [1.165, 1.54) is 12.2 Å². The molecule has 0 aromatic rings. The Bertz CT molecular complexity index is 341. The number of aldehydes is 1. The molecule has 5 nitrogen and oxygen atoms in total. The van der Waals surface area contributed by atoms with E-state index in [-0.39, 0.29) is 11.8 Å². The number of allylic oxidation sites excluding steroid dienone is 1. The van der Waals surface area contributed by atoms with Gasteiger partial charge < -0.3 is 10.2 Å². The van der Waals surface area contributed by atoms with Crippen molar-refractivity contribution in [3.8, 4) is 0 Å². The predicted molar refractivity (Wildman–Crippen MR) is 95.2 cm³/mol. The molecule has 134 valence electrons. The third-order valence-corrected chi connectivity index (χ3v) is 3.19. The first-order chi connectivity index (χ1) is 11.1. The second-order valence-electron chi connectivity index (χ2n) is 5.12. The van der Waals surface area contributed by atoms with Crippen molar-refractivity contribution in [3.63, 3.8) is 0 Å². The largest absolute Gasteiger partial charge is 0.356 e. The Morgan fingerprint density at radius 1 is 1.04 bits per heavy atom. The van der Waals surface area contributed by atoms with Crippen LogP contribution < -0.4 is 5.32 Å². The van der Waals surface area contributed by atoms with E-state index in [2.05, 4.69) is 12.2 Å². The van der Waals surface area contributed by atoms with Crippen molar-refractivity contribution in [2.45, 2.75) is 65.7 Å². The lowest BCUT2D eigenvalue weighted by Gasteiger charge is -2.14. The number of unbranched alkanes of at least 4 members (excludes halogenated alkanes) is 4. The zero-order valence-electron chi connectivity index (χ0n) is 15.3. The van der Waals surface area contributed by atoms with Gasteiger partial charge in [0.1, 0.15) is 6.29 Å². The fourth-order valence-electron chi connectivity index (χ4n) is 1.86. The standard InChI is InChI=1S/C16H28N2O3.C2H6/c1-3-4-7-12-17-15(20)10-6-5-8-13-18(2)16(21)11-9-14-19;1-2/h9,11,14H,3-8,10,12-13H2,1-2H3,(H,17,20);1-2H3/b11-9-;. The molecule has 0 spiro atoms. The topological polar surface area (TPSA) is 66.5 Å². The average molecular weight is 326 g/mol. The Kier molecular flexibility index (Phi) is 18.9. The Hall–Kier alpha value is -1.65. The van der Waals surface area contributed by atoms with Crippen molar-refractivity contribution in [2.24, 2.45) is 0 Å². The second kappa shape index (κ2) is 18.4. The van der Waals surface area contributed by atoms with Crippen LogP contribution in [0.2, 0.25) is 0 Å². The highest BCUT2D eigenvalue weighted by molar-refractivity contribution is 5.90. The van der Waals surface area contributed by atoms with Crippen LogP contribution in [0.15, 0.2) is 12.2 Å². The average Bonchev–Trinajstić information content (AvgIpc) is 2.57. The lowest BCUT2D eigenvalue weighted by molar-refractivity contribution is -0.125. The summed E-state index contributed by atoms with van der Waals surface area (Å²) < 4.78 is 0. The highest BCUT2D eigenvalue weighted by Gasteiger charge is 2.04. The van der Waals surface area contributed by atoms with Crippen molar-refractivity contribution in [1.82, 2.24) is 10.2 Å². The molecule has 0 aliphatic carbocycles. The van der Waals surface area contributed by atoms with Crippen LogP contribution in [0.25, 0.3) is 0 Å². The van der Waals surface area contributed by atoms with Crippen molar-refractivity contribution in [2.75, 3.05) is 20.1 Å². The van der Waals surface area contributed by atoms with Gasteiger partial charge in [-0.3, -0.25) is 14.4 Å². The van der Waals surface area contributed by atoms with Gasteiger partial charge in [-0.1, -0.05) is 40.0 Å². The monoisotopic (exact) mass is 326 g/mol. The normalized spacial score (nSPS) is 9.91. The van der Waals surface area contributed by atoms with Crippen LogP contribution in [0.1, 0.15) is 65.7 Å². The van der Waals surface area contributed by atoms with E-state index in [9.17, 15) is 14.4 Å². The van der Waals surface area contributed by atoms with E-state index < -0.39 is 0 Å². The van der Waals surface area contributed by atoms with Crippen LogP contribution in [-0.4, -0.2) is 43.1 Å². The molecule has 0 fully saturated rings. The summed E-state index contributed by atoms with van der Waals surface area (Å²) in [7, 11) is 1.71. The Morgan fingerprint density at radius 2 is 1.74 bits per heavy atom. The number of nitrogens with zero attached hydrogens (tertiary/aromatic N) is 1. The summed E-state index contributed by atoms with van der Waals surface area (Å²) >= 11 is 0. The van der Waals surface area contributed by atoms with Crippen LogP contribution in [0.5, 0.6) is 0 Å². The minimum Gasteiger partial charge on any atom is -0.356 e. The number of nitrogens with one attached hydrogen (secondary N) is 1. The molecule has 0 rings (SSSR count). The van der Waals surface area contributed by atoms with Crippen LogP contribution in [-0.2, 0) is 14.4 Å². The Morgan fingerprint density at radius 3 is 2.35 bits per heavy atom. The van der Waals surface area contributed by atoms with Crippen molar-refractivity contribution >= 4 is 18.1 Å². The molecule has 0 aromatic carbocycles. The van der Waals surface area contributed by atoms with Gasteiger partial charge in [0.25, 0.3) is 0 Å². The third-order valence-electron chi connectivity index (χ3n) is 3.19. The van der Waals surface area contributed by atoms with E-state index in [4.69, 9.17) is 0 Å². The first-order valence-corrected chi connectivity index (χ1v) is 8.75. The summed E-state index contributed by atoms with van der Waals surface area (Å²) in [6.07, 6.45) is 9.56. The molecule has 0 aromatic heterocycles. The fraction of sp³-hybridized carbons (Fsp3) is 0.722. The number of likely N-dealkylation sites (N-methyl/N-ethyl adjacent to an activating group) is 1. The fourth-order valence-corrected chi connectivity index (χ4v) is 1.86. The number of rotatable bonds is 12. The molecule has 0 bridgehead atoms. The number of amides is 2. The predicted octanol–water partition coefficient (Wildman–Crippen LogP) is 3.09. The van der Waals surface area contributed by atoms with Gasteiger partial charge in [0.15, 0.2) is 0 Å². The quantitative estimate of drug-likeness (QED) is 0.340. The molecule has 23 heavy (non-hydrogen) atoms. The molecule has 0 aliphatic rings. The van der Waals surface area contributed by atoms with Gasteiger partial charge in [-0.05, 0) is 25.3 Å². The van der Waals surface area contributed by atoms with Crippen LogP contribution in [0, 0.1) is 0 Å². The maximum Gasteiger partial charge on any atom is 0.246 e. The second-order valence-corrected chi connectivity index (χ2v) is 5.12. The summed E-state index contributed by atoms with van der Waals surface area (Å²) in [6.45, 7) is 7.55. The number of hydrogen-bond donors (Lipinski definition) is 1. The molecule has 1 N–H and O–H groups in total. The van der Waals surface area contributed by atoms with Gasteiger partial charge in [0.2, 0.25) is 11.8 Å². The lowest BCUT2D eigenvalue weighted by Crippen LogP contribution is -2.26. The molecule has 2 amide bonds. The summed E-state index contributed by atoms with van der Waals surface area (Å²) in [6, 6.07) is 0. The highest BCUT2D eigenvalue weighted by Crippen LogP contribution is 2.02. The third kappa shape index (κ3) is 16.5. The van der Waals surface area contributed by atoms with E-state index in [0.717, 1.165) is 45.1 Å². The summed E-state index contributed by atoms with van der Waals surface area (Å²) in [5.41, 5.74) is 0. The van der Waals surface area contributed by atoms with E-state index in [1.807, 2.05) is 13.8 Å². The summed E-state index contributed by atoms with van der Waals surface area (Å²) in [5, 5.41) is 2.91. The van der Waals surface area contributed by atoms with Gasteiger partial charge in [-0.2, -0.15) is 0 Å². The molecule has 0 unspecified atom stereocenters. The van der Waals surface area contributed by atoms with Gasteiger partial charge in [-0.15, -0.1) is 0 Å². The Labute approximate surface area is 141 Å². The first kappa shape index (κ1) is 23.6. The zero-order chi connectivity index (χ0) is 17.9. The molecular weight excluding hydrogens is 292 g/mol. The smallest absolute Gasteiger partial charge is 0.246 e. The molecule has 0 saturated heterocycles. The van der Waals surface area contributed by atoms with Crippen LogP contribution in [0.4, 0.5) is 0 Å². The maximum atomic E-state index is 11.5. The maximum absolute atomic E-state index is 11.5. The minimum absolute atomic E-state index is 0.115. The lowest BCUT2D eigenvalue weighted by atomic mass is 10.1. The van der Waals surface area contributed by atoms with E-state index in [0.29, 0.717) is 19.3 Å². The van der Waals surface area contributed by atoms with Gasteiger partial charge >= 0.3 is 0 Å². The van der Waals surface area contributed by atoms with Crippen LogP contribution >= 0.6 is 0 Å². The Balaban J connectivity index is 0. The minimum atomic E-state index is -0.171. The van der Waals surface area contributed by atoms with E-state index >= 15 is 0 Å². The summed E-state index contributed by atoms with van der Waals surface area (Å²) in [4.78, 5) is 34.7. The van der Waals surface area contributed by atoms with Gasteiger partial charge in [0.05, 0.1) is 0 Å². The number of carbonyl (C=O) groups is 3. The van der Waals surface area contributed by atoms with Gasteiger partial charge in [-0.25, -0.2) is 0 Å². The molecule has 0 saturated carbocycles. The molecule has 5 heteroatoms. The van der Waals surface area contributed by atoms with Crippen molar-refractivity contribution in [3.05, 3.63) is 12.2 Å². The zero-order valence-corrected chi connectivity index (χ0v) is 15.3. The van der Waals surface area contributed by atoms with Gasteiger partial charge in [0, 0.05) is 32.6 Å². The summed E-state index contributed by atoms with van der Waals surface area (Å²) in [5.74, 6) is -0.0554. The molecule has 0 radical (unpaired) electrons. The SMILES string of the molecule is CC.CCCCCNC(=O)CCCCCN(C)C(=O)/C=C\C=O. The van der Waals surface area contributed by atoms with Crippen LogP contribution in [0.3, 0.4) is 0 Å². The van der Waals surface area contributed by atoms with Crippen molar-refractivity contribution in [1.29, 1.82) is 0 Å². The number of carbonyl (C=O) groups excluding carboxylic acids is 3. The molecule has 0 heterocycles. The first-order valence-electron chi connectivity index (χ1n) is 8.75. The van der Waals surface area contributed by atoms with Crippen molar-refractivity contribution < 1.29 is 14.4 Å². The highest BCUT2D eigenvalue weighted by atomic mass is 16.2. The molecule has 0 aliphatic heterocycles. The molecular formula is C18H34N2O3. The molecule has 0 atom stereocenters. The van der Waals surface area contributed by atoms with E-state index in [1.54, 1.807) is 11.9 Å².